The molecule has 1 aromatic rings. The third-order valence-corrected chi connectivity index (χ3v) is 4.64. The van der Waals surface area contributed by atoms with E-state index >= 15 is 0 Å². The van der Waals surface area contributed by atoms with Gasteiger partial charge in [-0.2, -0.15) is 11.8 Å². The molecule has 1 aromatic carbocycles. The Balaban J connectivity index is 2.19. The first kappa shape index (κ1) is 13.1. The van der Waals surface area contributed by atoms with E-state index in [-0.39, 0.29) is 0 Å². The number of nitrogen functional groups attached to an aromatic ring is 1. The molecule has 5 heteroatoms. The highest BCUT2D eigenvalue weighted by Crippen LogP contribution is 2.32. The molecule has 1 saturated carbocycles. The summed E-state index contributed by atoms with van der Waals surface area (Å²) < 4.78 is 0. The number of benzene rings is 1. The summed E-state index contributed by atoms with van der Waals surface area (Å²) >= 11 is 1.88. The molecule has 0 saturated heterocycles. The molecule has 0 radical (unpaired) electrons. The molecule has 1 amide bonds. The van der Waals surface area contributed by atoms with Crippen molar-refractivity contribution in [3.8, 4) is 0 Å². The minimum Gasteiger partial charge on any atom is -0.396 e. The first-order valence-corrected chi connectivity index (χ1v) is 7.40. The molecule has 1 aliphatic rings. The van der Waals surface area contributed by atoms with Gasteiger partial charge in [0.15, 0.2) is 0 Å². The number of thioether (sulfide) groups is 1. The minimum atomic E-state index is -0.482. The molecule has 2 atom stereocenters. The third kappa shape index (κ3) is 2.56. The fourth-order valence-corrected chi connectivity index (χ4v) is 3.41. The smallest absolute Gasteiger partial charge is 0.250 e. The standard InChI is InChI=1S/C13H19N3OS/c1-18-11-7-3-5-9(11)16-10-6-2-4-8(12(10)14)13(15)17/h2,4,6,9,11,16H,3,5,7,14H2,1H3,(H2,15,17). The first-order valence-electron chi connectivity index (χ1n) is 6.11. The summed E-state index contributed by atoms with van der Waals surface area (Å²) in [5.41, 5.74) is 12.9. The molecule has 5 N–H and O–H groups in total. The van der Waals surface area contributed by atoms with E-state index in [2.05, 4.69) is 11.6 Å². The summed E-state index contributed by atoms with van der Waals surface area (Å²) in [6.45, 7) is 0. The topological polar surface area (TPSA) is 81.1 Å². The molecule has 0 aromatic heterocycles. The number of rotatable bonds is 4. The van der Waals surface area contributed by atoms with Crippen LogP contribution >= 0.6 is 11.8 Å². The monoisotopic (exact) mass is 265 g/mol. The van der Waals surface area contributed by atoms with Crippen LogP contribution in [0, 0.1) is 0 Å². The molecule has 0 heterocycles. The highest BCUT2D eigenvalue weighted by molar-refractivity contribution is 7.99. The summed E-state index contributed by atoms with van der Waals surface area (Å²) in [5, 5.41) is 4.06. The van der Waals surface area contributed by atoms with Gasteiger partial charge < -0.3 is 16.8 Å². The lowest BCUT2D eigenvalue weighted by molar-refractivity contribution is 0.100. The molecule has 0 spiro atoms. The van der Waals surface area contributed by atoms with Crippen LogP contribution in [0.1, 0.15) is 29.6 Å². The van der Waals surface area contributed by atoms with Gasteiger partial charge in [0, 0.05) is 11.3 Å². The Labute approximate surface area is 111 Å². The van der Waals surface area contributed by atoms with Crippen molar-refractivity contribution in [3.63, 3.8) is 0 Å². The highest BCUT2D eigenvalue weighted by atomic mass is 32.2. The fraction of sp³-hybridized carbons (Fsp3) is 0.462. The maximum absolute atomic E-state index is 11.2. The second kappa shape index (κ2) is 5.52. The molecular formula is C13H19N3OS. The largest absolute Gasteiger partial charge is 0.396 e. The maximum Gasteiger partial charge on any atom is 0.250 e. The van der Waals surface area contributed by atoms with E-state index in [9.17, 15) is 4.79 Å². The van der Waals surface area contributed by atoms with Gasteiger partial charge in [0.05, 0.1) is 16.9 Å². The van der Waals surface area contributed by atoms with Crippen LogP contribution in [0.3, 0.4) is 0 Å². The SMILES string of the molecule is CSC1CCCC1Nc1cccc(C(N)=O)c1N. The zero-order valence-corrected chi connectivity index (χ0v) is 11.3. The van der Waals surface area contributed by atoms with E-state index in [1.807, 2.05) is 23.9 Å². The van der Waals surface area contributed by atoms with Crippen LogP contribution in [0.25, 0.3) is 0 Å². The summed E-state index contributed by atoms with van der Waals surface area (Å²) in [4.78, 5) is 11.2. The van der Waals surface area contributed by atoms with E-state index in [1.54, 1.807) is 6.07 Å². The van der Waals surface area contributed by atoms with E-state index in [0.29, 0.717) is 22.5 Å². The molecule has 0 bridgehead atoms. The number of amides is 1. The van der Waals surface area contributed by atoms with Gasteiger partial charge in [0.25, 0.3) is 5.91 Å². The number of para-hydroxylation sites is 1. The average Bonchev–Trinajstić information content (AvgIpc) is 2.78. The molecule has 0 aliphatic heterocycles. The van der Waals surface area contributed by atoms with E-state index in [4.69, 9.17) is 11.5 Å². The number of hydrogen-bond donors (Lipinski definition) is 3. The van der Waals surface area contributed by atoms with Crippen molar-refractivity contribution in [2.75, 3.05) is 17.3 Å². The van der Waals surface area contributed by atoms with E-state index < -0.39 is 5.91 Å². The van der Waals surface area contributed by atoms with E-state index in [0.717, 1.165) is 12.1 Å². The minimum absolute atomic E-state index is 0.388. The summed E-state index contributed by atoms with van der Waals surface area (Å²) in [5.74, 6) is -0.482. The lowest BCUT2D eigenvalue weighted by Crippen LogP contribution is -2.26. The molecule has 2 rings (SSSR count). The van der Waals surface area contributed by atoms with Crippen molar-refractivity contribution in [2.24, 2.45) is 5.73 Å². The molecule has 18 heavy (non-hydrogen) atoms. The maximum atomic E-state index is 11.2. The Kier molecular flexibility index (Phi) is 4.01. The van der Waals surface area contributed by atoms with Crippen molar-refractivity contribution in [1.29, 1.82) is 0 Å². The van der Waals surface area contributed by atoms with Crippen molar-refractivity contribution < 1.29 is 4.79 Å². The number of anilines is 2. The fourth-order valence-electron chi connectivity index (χ4n) is 2.48. The van der Waals surface area contributed by atoms with Crippen LogP contribution in [-0.4, -0.2) is 23.5 Å². The summed E-state index contributed by atoms with van der Waals surface area (Å²) in [7, 11) is 0. The van der Waals surface area contributed by atoms with Crippen molar-refractivity contribution in [2.45, 2.75) is 30.6 Å². The predicted octanol–water partition coefficient (Wildman–Crippen LogP) is 2.06. The van der Waals surface area contributed by atoms with Gasteiger partial charge in [-0.05, 0) is 31.2 Å². The number of nitrogens with one attached hydrogen (secondary N) is 1. The number of primary amides is 1. The van der Waals surface area contributed by atoms with Gasteiger partial charge in [0.1, 0.15) is 0 Å². The first-order chi connectivity index (χ1) is 8.63. The Hall–Kier alpha value is -1.36. The molecule has 1 fully saturated rings. The van der Waals surface area contributed by atoms with Crippen LogP contribution in [0.4, 0.5) is 11.4 Å². The average molecular weight is 265 g/mol. The number of carbonyl (C=O) groups is 1. The molecular weight excluding hydrogens is 246 g/mol. The lowest BCUT2D eigenvalue weighted by Gasteiger charge is -2.22. The van der Waals surface area contributed by atoms with Crippen LogP contribution in [0.5, 0.6) is 0 Å². The van der Waals surface area contributed by atoms with Crippen LogP contribution in [-0.2, 0) is 0 Å². The van der Waals surface area contributed by atoms with Gasteiger partial charge in [0.2, 0.25) is 0 Å². The second-order valence-electron chi connectivity index (χ2n) is 4.59. The van der Waals surface area contributed by atoms with Gasteiger partial charge in [-0.3, -0.25) is 4.79 Å². The van der Waals surface area contributed by atoms with Crippen LogP contribution < -0.4 is 16.8 Å². The van der Waals surface area contributed by atoms with E-state index in [1.165, 1.54) is 12.8 Å². The molecule has 2 unspecified atom stereocenters. The van der Waals surface area contributed by atoms with Gasteiger partial charge >= 0.3 is 0 Å². The summed E-state index contributed by atoms with van der Waals surface area (Å²) in [6.07, 6.45) is 5.74. The van der Waals surface area contributed by atoms with Crippen LogP contribution in [0.15, 0.2) is 18.2 Å². The lowest BCUT2D eigenvalue weighted by atomic mass is 10.1. The molecule has 1 aliphatic carbocycles. The van der Waals surface area contributed by atoms with Crippen molar-refractivity contribution in [1.82, 2.24) is 0 Å². The zero-order valence-electron chi connectivity index (χ0n) is 10.5. The molecule has 4 nitrogen and oxygen atoms in total. The third-order valence-electron chi connectivity index (χ3n) is 3.47. The zero-order chi connectivity index (χ0) is 13.1. The van der Waals surface area contributed by atoms with Crippen molar-refractivity contribution in [3.05, 3.63) is 23.8 Å². The second-order valence-corrected chi connectivity index (χ2v) is 5.66. The Bertz CT molecular complexity index is 450. The predicted molar refractivity (Wildman–Crippen MR) is 77.9 cm³/mol. The van der Waals surface area contributed by atoms with Gasteiger partial charge in [-0.15, -0.1) is 0 Å². The Morgan fingerprint density at radius 2 is 2.22 bits per heavy atom. The Morgan fingerprint density at radius 3 is 2.89 bits per heavy atom. The van der Waals surface area contributed by atoms with Gasteiger partial charge in [-0.25, -0.2) is 0 Å². The molecule has 98 valence electrons. The Morgan fingerprint density at radius 1 is 1.44 bits per heavy atom. The quantitative estimate of drug-likeness (QED) is 0.728. The number of carbonyl (C=O) groups excluding carboxylic acids is 1. The van der Waals surface area contributed by atoms with Gasteiger partial charge in [-0.1, -0.05) is 12.5 Å². The number of hydrogen-bond acceptors (Lipinski definition) is 4. The highest BCUT2D eigenvalue weighted by Gasteiger charge is 2.26. The summed E-state index contributed by atoms with van der Waals surface area (Å²) in [6, 6.07) is 5.79. The number of nitrogens with two attached hydrogens (primary N) is 2. The van der Waals surface area contributed by atoms with Crippen LogP contribution in [0.2, 0.25) is 0 Å². The van der Waals surface area contributed by atoms with Crippen molar-refractivity contribution >= 4 is 29.0 Å². The normalized spacial score (nSPS) is 22.9.